The van der Waals surface area contributed by atoms with Crippen LogP contribution in [-0.4, -0.2) is 25.1 Å². The van der Waals surface area contributed by atoms with Crippen molar-refractivity contribution in [1.29, 1.82) is 0 Å². The van der Waals surface area contributed by atoms with Gasteiger partial charge in [0.2, 0.25) is 0 Å². The number of aryl methyl sites for hydroxylation is 2. The lowest BCUT2D eigenvalue weighted by Gasteiger charge is -2.11. The molecule has 5 nitrogen and oxygen atoms in total. The summed E-state index contributed by atoms with van der Waals surface area (Å²) in [5, 5.41) is 5.28. The van der Waals surface area contributed by atoms with Gasteiger partial charge in [0.1, 0.15) is 16.3 Å². The average molecular weight is 466 g/mol. The highest BCUT2D eigenvalue weighted by molar-refractivity contribution is 7.15. The maximum absolute atomic E-state index is 12.9. The number of thiophene rings is 1. The van der Waals surface area contributed by atoms with Crippen molar-refractivity contribution in [2.24, 2.45) is 0 Å². The summed E-state index contributed by atoms with van der Waals surface area (Å²) >= 11 is 1.32. The molecule has 174 valence electrons. The standard InChI is InChI=1S/C27H31NO4S/c1-5-7-8-15-32-21-12-10-20(11-13-21)25(29)28-26-24(27(30)31-6-2)23(17-33-26)22-14-9-18(3)16-19(22)4/h9-14,16-17H,5-8,15H2,1-4H3,(H,28,29). The van der Waals surface area contributed by atoms with Crippen LogP contribution in [0.15, 0.2) is 47.8 Å². The van der Waals surface area contributed by atoms with E-state index in [0.717, 1.165) is 47.3 Å². The molecule has 0 atom stereocenters. The van der Waals surface area contributed by atoms with Crippen molar-refractivity contribution in [2.75, 3.05) is 18.5 Å². The van der Waals surface area contributed by atoms with E-state index in [9.17, 15) is 9.59 Å². The largest absolute Gasteiger partial charge is 0.494 e. The number of amides is 1. The van der Waals surface area contributed by atoms with Gasteiger partial charge >= 0.3 is 5.97 Å². The summed E-state index contributed by atoms with van der Waals surface area (Å²) in [6.07, 6.45) is 3.29. The summed E-state index contributed by atoms with van der Waals surface area (Å²) in [5.41, 5.74) is 4.80. The van der Waals surface area contributed by atoms with Crippen molar-refractivity contribution in [3.8, 4) is 16.9 Å². The molecule has 1 amide bonds. The van der Waals surface area contributed by atoms with Gasteiger partial charge in [-0.25, -0.2) is 4.79 Å². The van der Waals surface area contributed by atoms with Crippen LogP contribution in [0.4, 0.5) is 5.00 Å². The number of benzene rings is 2. The first-order valence-electron chi connectivity index (χ1n) is 11.3. The molecule has 0 radical (unpaired) electrons. The molecule has 33 heavy (non-hydrogen) atoms. The van der Waals surface area contributed by atoms with Gasteiger partial charge in [0.05, 0.1) is 13.2 Å². The minimum absolute atomic E-state index is 0.258. The van der Waals surface area contributed by atoms with Gasteiger partial charge in [0.25, 0.3) is 5.91 Å². The summed E-state index contributed by atoms with van der Waals surface area (Å²) in [6, 6.07) is 13.1. The summed E-state index contributed by atoms with van der Waals surface area (Å²) in [4.78, 5) is 25.7. The van der Waals surface area contributed by atoms with E-state index < -0.39 is 5.97 Å². The summed E-state index contributed by atoms with van der Waals surface area (Å²) in [7, 11) is 0. The minimum Gasteiger partial charge on any atom is -0.494 e. The fraction of sp³-hybridized carbons (Fsp3) is 0.333. The zero-order chi connectivity index (χ0) is 23.8. The lowest BCUT2D eigenvalue weighted by molar-refractivity contribution is 0.0529. The van der Waals surface area contributed by atoms with Gasteiger partial charge in [-0.05, 0) is 62.6 Å². The van der Waals surface area contributed by atoms with Crippen LogP contribution in [0.2, 0.25) is 0 Å². The van der Waals surface area contributed by atoms with Crippen molar-refractivity contribution in [3.05, 3.63) is 70.1 Å². The van der Waals surface area contributed by atoms with E-state index in [1.54, 1.807) is 31.2 Å². The molecular weight excluding hydrogens is 434 g/mol. The van der Waals surface area contributed by atoms with Crippen LogP contribution in [0.3, 0.4) is 0 Å². The Morgan fingerprint density at radius 1 is 0.970 bits per heavy atom. The first-order chi connectivity index (χ1) is 15.9. The van der Waals surface area contributed by atoms with Gasteiger partial charge in [0.15, 0.2) is 0 Å². The number of esters is 1. The fourth-order valence-corrected chi connectivity index (χ4v) is 4.53. The van der Waals surface area contributed by atoms with Crippen LogP contribution in [0.1, 0.15) is 65.0 Å². The van der Waals surface area contributed by atoms with E-state index in [1.165, 1.54) is 11.3 Å². The van der Waals surface area contributed by atoms with Crippen LogP contribution in [0.25, 0.3) is 11.1 Å². The Balaban J connectivity index is 1.82. The molecule has 1 aromatic heterocycles. The van der Waals surface area contributed by atoms with Crippen molar-refractivity contribution in [1.82, 2.24) is 0 Å². The first kappa shape index (κ1) is 24.5. The predicted molar refractivity (Wildman–Crippen MR) is 135 cm³/mol. The van der Waals surface area contributed by atoms with Gasteiger partial charge in [-0.1, -0.05) is 43.5 Å². The lowest BCUT2D eigenvalue weighted by atomic mass is 9.97. The molecule has 0 aliphatic rings. The Morgan fingerprint density at radius 2 is 1.73 bits per heavy atom. The third-order valence-electron chi connectivity index (χ3n) is 5.30. The number of ether oxygens (including phenoxy) is 2. The van der Waals surface area contributed by atoms with Crippen LogP contribution in [-0.2, 0) is 4.74 Å². The third kappa shape index (κ3) is 6.23. The predicted octanol–water partition coefficient (Wildman–Crippen LogP) is 7.03. The number of hydrogen-bond donors (Lipinski definition) is 1. The molecule has 0 aliphatic heterocycles. The molecule has 2 aromatic carbocycles. The summed E-state index contributed by atoms with van der Waals surface area (Å²) in [5.74, 6) is 0.00934. The number of carbonyl (C=O) groups excluding carboxylic acids is 2. The second-order valence-corrected chi connectivity index (χ2v) is 8.81. The molecule has 3 rings (SSSR count). The molecule has 1 N–H and O–H groups in total. The Bertz CT molecular complexity index is 1100. The number of anilines is 1. The molecule has 1 heterocycles. The summed E-state index contributed by atoms with van der Waals surface area (Å²) < 4.78 is 11.0. The van der Waals surface area contributed by atoms with E-state index in [1.807, 2.05) is 31.4 Å². The van der Waals surface area contributed by atoms with Crippen molar-refractivity contribution < 1.29 is 19.1 Å². The Hall–Kier alpha value is -3.12. The van der Waals surface area contributed by atoms with E-state index in [-0.39, 0.29) is 12.5 Å². The van der Waals surface area contributed by atoms with Gasteiger partial charge in [-0.2, -0.15) is 0 Å². The first-order valence-corrected chi connectivity index (χ1v) is 12.2. The average Bonchev–Trinajstić information content (AvgIpc) is 3.20. The number of carbonyl (C=O) groups is 2. The maximum atomic E-state index is 12.9. The molecule has 0 fully saturated rings. The third-order valence-corrected chi connectivity index (χ3v) is 6.20. The monoisotopic (exact) mass is 465 g/mol. The zero-order valence-corrected chi connectivity index (χ0v) is 20.5. The summed E-state index contributed by atoms with van der Waals surface area (Å²) in [6.45, 7) is 8.89. The molecule has 3 aromatic rings. The quantitative estimate of drug-likeness (QED) is 0.258. The normalized spacial score (nSPS) is 10.7. The van der Waals surface area contributed by atoms with Crippen LogP contribution < -0.4 is 10.1 Å². The van der Waals surface area contributed by atoms with Crippen LogP contribution in [0, 0.1) is 13.8 Å². The van der Waals surface area contributed by atoms with Crippen molar-refractivity contribution >= 4 is 28.2 Å². The van der Waals surface area contributed by atoms with Gasteiger partial charge in [-0.15, -0.1) is 11.3 Å². The van der Waals surface area contributed by atoms with Gasteiger partial charge in [0, 0.05) is 16.5 Å². The highest BCUT2D eigenvalue weighted by Crippen LogP contribution is 2.38. The van der Waals surface area contributed by atoms with Gasteiger partial charge < -0.3 is 14.8 Å². The second-order valence-electron chi connectivity index (χ2n) is 7.93. The Kier molecular flexibility index (Phi) is 8.66. The highest BCUT2D eigenvalue weighted by atomic mass is 32.1. The molecule has 0 unspecified atom stereocenters. The van der Waals surface area contributed by atoms with Crippen molar-refractivity contribution in [2.45, 2.75) is 47.0 Å². The van der Waals surface area contributed by atoms with Gasteiger partial charge in [-0.3, -0.25) is 4.79 Å². The molecule has 6 heteroatoms. The lowest BCUT2D eigenvalue weighted by Crippen LogP contribution is -2.15. The van der Waals surface area contributed by atoms with E-state index in [4.69, 9.17) is 9.47 Å². The zero-order valence-electron chi connectivity index (χ0n) is 19.7. The van der Waals surface area contributed by atoms with E-state index in [0.29, 0.717) is 22.7 Å². The molecule has 0 saturated carbocycles. The second kappa shape index (κ2) is 11.7. The number of nitrogens with one attached hydrogen (secondary N) is 1. The topological polar surface area (TPSA) is 64.6 Å². The SMILES string of the molecule is CCCCCOc1ccc(C(=O)Nc2scc(-c3ccc(C)cc3C)c2C(=O)OCC)cc1. The Labute approximate surface area is 199 Å². The smallest absolute Gasteiger partial charge is 0.341 e. The van der Waals surface area contributed by atoms with E-state index in [2.05, 4.69) is 18.3 Å². The minimum atomic E-state index is -0.445. The molecular formula is C27H31NO4S. The van der Waals surface area contributed by atoms with Crippen LogP contribution in [0.5, 0.6) is 5.75 Å². The van der Waals surface area contributed by atoms with E-state index >= 15 is 0 Å². The number of hydrogen-bond acceptors (Lipinski definition) is 5. The van der Waals surface area contributed by atoms with Crippen molar-refractivity contribution in [3.63, 3.8) is 0 Å². The molecule has 0 aliphatic carbocycles. The fourth-order valence-electron chi connectivity index (χ4n) is 3.59. The van der Waals surface area contributed by atoms with Crippen LogP contribution >= 0.6 is 11.3 Å². The number of rotatable bonds is 10. The molecule has 0 spiro atoms. The molecule has 0 saturated heterocycles. The number of unbranched alkanes of at least 4 members (excludes halogenated alkanes) is 2. The highest BCUT2D eigenvalue weighted by Gasteiger charge is 2.24. The Morgan fingerprint density at radius 3 is 2.39 bits per heavy atom. The maximum Gasteiger partial charge on any atom is 0.341 e. The molecule has 0 bridgehead atoms.